The van der Waals surface area contributed by atoms with Gasteiger partial charge in [-0.25, -0.2) is 4.39 Å². The molecule has 1 amide bonds. The molecule has 1 fully saturated rings. The van der Waals surface area contributed by atoms with Gasteiger partial charge in [-0.15, -0.1) is 12.4 Å². The van der Waals surface area contributed by atoms with Crippen LogP contribution in [-0.4, -0.2) is 30.0 Å². The van der Waals surface area contributed by atoms with Crippen LogP contribution in [0.3, 0.4) is 0 Å². The molecule has 2 N–H and O–H groups in total. The van der Waals surface area contributed by atoms with Crippen molar-refractivity contribution in [1.29, 1.82) is 0 Å². The zero-order valence-electron chi connectivity index (χ0n) is 11.4. The van der Waals surface area contributed by atoms with E-state index < -0.39 is 23.5 Å². The summed E-state index contributed by atoms with van der Waals surface area (Å²) >= 11 is 1.72. The second-order valence-electron chi connectivity index (χ2n) is 4.67. The molecular formula is C13H15ClF4N2OS. The minimum absolute atomic E-state index is 0. The quantitative estimate of drug-likeness (QED) is 0.815. The van der Waals surface area contributed by atoms with Gasteiger partial charge in [-0.05, 0) is 18.2 Å². The average Bonchev–Trinajstić information content (AvgIpc) is 2.41. The van der Waals surface area contributed by atoms with E-state index >= 15 is 0 Å². The van der Waals surface area contributed by atoms with E-state index in [1.165, 1.54) is 0 Å². The third-order valence-corrected chi connectivity index (χ3v) is 4.12. The van der Waals surface area contributed by atoms with Gasteiger partial charge in [-0.3, -0.25) is 4.79 Å². The van der Waals surface area contributed by atoms with Crippen molar-refractivity contribution in [2.24, 2.45) is 0 Å². The first-order valence-electron chi connectivity index (χ1n) is 6.34. The van der Waals surface area contributed by atoms with Gasteiger partial charge in [-0.2, -0.15) is 24.9 Å². The van der Waals surface area contributed by atoms with Gasteiger partial charge in [0.25, 0.3) is 0 Å². The van der Waals surface area contributed by atoms with Crippen molar-refractivity contribution in [3.63, 3.8) is 0 Å². The molecule has 1 atom stereocenters. The van der Waals surface area contributed by atoms with E-state index in [4.69, 9.17) is 0 Å². The van der Waals surface area contributed by atoms with Gasteiger partial charge >= 0.3 is 6.18 Å². The van der Waals surface area contributed by atoms with Crippen molar-refractivity contribution < 1.29 is 22.4 Å². The molecule has 0 spiro atoms. The molecule has 3 nitrogen and oxygen atoms in total. The lowest BCUT2D eigenvalue weighted by Gasteiger charge is -2.22. The highest BCUT2D eigenvalue weighted by atomic mass is 35.5. The van der Waals surface area contributed by atoms with Crippen LogP contribution < -0.4 is 10.6 Å². The number of amides is 1. The van der Waals surface area contributed by atoms with E-state index in [0.29, 0.717) is 12.1 Å². The molecule has 1 aliphatic rings. The molecule has 1 aromatic carbocycles. The van der Waals surface area contributed by atoms with Gasteiger partial charge in [0.15, 0.2) is 0 Å². The minimum atomic E-state index is -4.79. The molecule has 0 bridgehead atoms. The highest BCUT2D eigenvalue weighted by Crippen LogP contribution is 2.33. The molecule has 2 rings (SSSR count). The highest BCUT2D eigenvalue weighted by Gasteiger charge is 2.34. The second kappa shape index (κ2) is 8.03. The van der Waals surface area contributed by atoms with Crippen LogP contribution in [0.1, 0.15) is 12.0 Å². The Bertz CT molecular complexity index is 521. The maximum Gasteiger partial charge on any atom is 0.419 e. The standard InChI is InChI=1S/C13H14F4N2OS.ClH/c14-11-2-1-8(5-10(11)13(15,16)17)19-12(20)6-9-7-21-4-3-18-9;/h1-2,5,9,18H,3-4,6-7H2,(H,19,20);1H. The third kappa shape index (κ3) is 5.33. The lowest BCUT2D eigenvalue weighted by atomic mass is 10.1. The van der Waals surface area contributed by atoms with Crippen LogP contribution in [-0.2, 0) is 11.0 Å². The number of nitrogens with one attached hydrogen (secondary N) is 2. The molecule has 1 heterocycles. The monoisotopic (exact) mass is 358 g/mol. The fraction of sp³-hybridized carbons (Fsp3) is 0.462. The fourth-order valence-corrected chi connectivity index (χ4v) is 2.96. The lowest BCUT2D eigenvalue weighted by molar-refractivity contribution is -0.140. The van der Waals surface area contributed by atoms with E-state index in [2.05, 4.69) is 10.6 Å². The molecule has 1 saturated heterocycles. The number of hydrogen-bond acceptors (Lipinski definition) is 3. The SMILES string of the molecule is Cl.O=C(CC1CSCCN1)Nc1ccc(F)c(C(F)(F)F)c1. The van der Waals surface area contributed by atoms with Crippen LogP contribution in [0, 0.1) is 5.82 Å². The van der Waals surface area contributed by atoms with Crippen molar-refractivity contribution in [3.05, 3.63) is 29.6 Å². The van der Waals surface area contributed by atoms with Crippen LogP contribution in [0.4, 0.5) is 23.2 Å². The van der Waals surface area contributed by atoms with E-state index in [1.54, 1.807) is 11.8 Å². The summed E-state index contributed by atoms with van der Waals surface area (Å²) in [5.74, 6) is 0.0101. The Labute approximate surface area is 135 Å². The summed E-state index contributed by atoms with van der Waals surface area (Å²) in [4.78, 5) is 11.8. The predicted molar refractivity (Wildman–Crippen MR) is 81.0 cm³/mol. The largest absolute Gasteiger partial charge is 0.419 e. The third-order valence-electron chi connectivity index (χ3n) is 2.99. The first-order chi connectivity index (χ1) is 9.86. The topological polar surface area (TPSA) is 41.1 Å². The van der Waals surface area contributed by atoms with Gasteiger partial charge < -0.3 is 10.6 Å². The van der Waals surface area contributed by atoms with Gasteiger partial charge in [0.1, 0.15) is 5.82 Å². The number of carbonyl (C=O) groups is 1. The highest BCUT2D eigenvalue weighted by molar-refractivity contribution is 7.99. The molecule has 124 valence electrons. The molecule has 1 aliphatic heterocycles. The first-order valence-corrected chi connectivity index (χ1v) is 7.49. The van der Waals surface area contributed by atoms with Crippen molar-refractivity contribution in [1.82, 2.24) is 5.32 Å². The first kappa shape index (κ1) is 19.1. The van der Waals surface area contributed by atoms with Crippen LogP contribution >= 0.6 is 24.2 Å². The Morgan fingerprint density at radius 1 is 1.41 bits per heavy atom. The molecule has 0 radical (unpaired) electrons. The molecule has 1 aromatic rings. The number of thioether (sulfide) groups is 1. The van der Waals surface area contributed by atoms with E-state index in [-0.39, 0.29) is 30.6 Å². The van der Waals surface area contributed by atoms with Crippen LogP contribution in [0.15, 0.2) is 18.2 Å². The summed E-state index contributed by atoms with van der Waals surface area (Å²) in [5.41, 5.74) is -1.44. The number of halogens is 5. The smallest absolute Gasteiger partial charge is 0.326 e. The molecule has 0 aromatic heterocycles. The molecule has 0 aliphatic carbocycles. The molecule has 9 heteroatoms. The van der Waals surface area contributed by atoms with Crippen molar-refractivity contribution in [2.75, 3.05) is 23.4 Å². The Balaban J connectivity index is 0.00000242. The van der Waals surface area contributed by atoms with Gasteiger partial charge in [0, 0.05) is 36.2 Å². The summed E-state index contributed by atoms with van der Waals surface area (Å²) in [6.07, 6.45) is -4.61. The number of hydrogen-bond donors (Lipinski definition) is 2. The van der Waals surface area contributed by atoms with Crippen LogP contribution in [0.5, 0.6) is 0 Å². The Kier molecular flexibility index (Phi) is 6.96. The van der Waals surface area contributed by atoms with Crippen molar-refractivity contribution in [2.45, 2.75) is 18.6 Å². The Morgan fingerprint density at radius 2 is 2.14 bits per heavy atom. The Hall–Kier alpha value is -0.990. The predicted octanol–water partition coefficient (Wildman–Crippen LogP) is 3.30. The normalized spacial score (nSPS) is 18.5. The van der Waals surface area contributed by atoms with E-state index in [0.717, 1.165) is 24.1 Å². The average molecular weight is 359 g/mol. The number of anilines is 1. The maximum absolute atomic E-state index is 13.1. The lowest BCUT2D eigenvalue weighted by Crippen LogP contribution is -2.39. The number of benzene rings is 1. The van der Waals surface area contributed by atoms with E-state index in [9.17, 15) is 22.4 Å². The summed E-state index contributed by atoms with van der Waals surface area (Å²) in [6.45, 7) is 0.803. The summed E-state index contributed by atoms with van der Waals surface area (Å²) in [5, 5.41) is 5.53. The van der Waals surface area contributed by atoms with Crippen molar-refractivity contribution in [3.8, 4) is 0 Å². The van der Waals surface area contributed by atoms with Gasteiger partial charge in [0.2, 0.25) is 5.91 Å². The molecule has 0 saturated carbocycles. The Morgan fingerprint density at radius 3 is 2.73 bits per heavy atom. The van der Waals surface area contributed by atoms with Gasteiger partial charge in [0.05, 0.1) is 5.56 Å². The van der Waals surface area contributed by atoms with Crippen molar-refractivity contribution >= 4 is 35.8 Å². The molecule has 22 heavy (non-hydrogen) atoms. The number of alkyl halides is 3. The van der Waals surface area contributed by atoms with E-state index in [1.807, 2.05) is 0 Å². The zero-order chi connectivity index (χ0) is 15.5. The summed E-state index contributed by atoms with van der Waals surface area (Å²) in [6, 6.07) is 2.43. The maximum atomic E-state index is 13.1. The molecular weight excluding hydrogens is 344 g/mol. The van der Waals surface area contributed by atoms with Crippen LogP contribution in [0.25, 0.3) is 0 Å². The van der Waals surface area contributed by atoms with Crippen LogP contribution in [0.2, 0.25) is 0 Å². The zero-order valence-corrected chi connectivity index (χ0v) is 13.0. The summed E-state index contributed by atoms with van der Waals surface area (Å²) in [7, 11) is 0. The number of carbonyl (C=O) groups excluding carboxylic acids is 1. The minimum Gasteiger partial charge on any atom is -0.326 e. The summed E-state index contributed by atoms with van der Waals surface area (Å²) < 4.78 is 50.9. The number of rotatable bonds is 3. The second-order valence-corrected chi connectivity index (χ2v) is 5.82. The fourth-order valence-electron chi connectivity index (χ4n) is 2.01. The van der Waals surface area contributed by atoms with Gasteiger partial charge in [-0.1, -0.05) is 0 Å². The molecule has 1 unspecified atom stereocenters.